The van der Waals surface area contributed by atoms with E-state index in [1.54, 1.807) is 13.0 Å². The second-order valence-electron chi connectivity index (χ2n) is 15.7. The molecule has 1 saturated heterocycles. The van der Waals surface area contributed by atoms with Crippen molar-refractivity contribution in [2.75, 3.05) is 13.7 Å². The number of carbonyl (C=O) groups excluding carboxylic acids is 2. The fourth-order valence-electron chi connectivity index (χ4n) is 5.78. The van der Waals surface area contributed by atoms with E-state index < -0.39 is 36.3 Å². The molecule has 0 aliphatic carbocycles. The van der Waals surface area contributed by atoms with Crippen molar-refractivity contribution in [3.63, 3.8) is 0 Å². The summed E-state index contributed by atoms with van der Waals surface area (Å²) in [6, 6.07) is 0. The number of unbranched alkanes of at least 4 members (excludes halogenated alkanes) is 8. The Balaban J connectivity index is 2.57. The molecule has 0 radical (unpaired) electrons. The first kappa shape index (κ1) is 52.2. The minimum Gasteiger partial charge on any atom is -0.466 e. The highest BCUT2D eigenvalue weighted by atomic mass is 16.7. The fourth-order valence-corrected chi connectivity index (χ4v) is 5.78. The zero-order valence-electron chi connectivity index (χ0n) is 36.8. The third kappa shape index (κ3) is 24.2. The van der Waals surface area contributed by atoms with Gasteiger partial charge in [0.15, 0.2) is 6.29 Å². The van der Waals surface area contributed by atoms with Gasteiger partial charge in [0, 0.05) is 12.0 Å². The van der Waals surface area contributed by atoms with Crippen molar-refractivity contribution in [2.45, 2.75) is 162 Å². The number of hydrogen-bond donors (Lipinski definition) is 3. The van der Waals surface area contributed by atoms with E-state index in [-0.39, 0.29) is 25.0 Å². The van der Waals surface area contributed by atoms with Gasteiger partial charge in [-0.05, 0) is 61.3 Å². The Labute approximate surface area is 350 Å². The van der Waals surface area contributed by atoms with Crippen molar-refractivity contribution >= 4 is 11.9 Å². The molecule has 0 spiro atoms. The summed E-state index contributed by atoms with van der Waals surface area (Å²) in [7, 11) is 1.37. The smallest absolute Gasteiger partial charge is 0.333 e. The van der Waals surface area contributed by atoms with Gasteiger partial charge in [0.2, 0.25) is 0 Å². The summed E-state index contributed by atoms with van der Waals surface area (Å²) in [4.78, 5) is 23.8. The molecule has 1 heterocycles. The van der Waals surface area contributed by atoms with Gasteiger partial charge < -0.3 is 34.3 Å². The largest absolute Gasteiger partial charge is 0.466 e. The first-order chi connectivity index (χ1) is 27.6. The number of rotatable bonds is 26. The van der Waals surface area contributed by atoms with Gasteiger partial charge in [-0.3, -0.25) is 4.79 Å². The number of aliphatic hydroxyl groups is 3. The lowest BCUT2D eigenvalue weighted by Gasteiger charge is -2.42. The zero-order chi connectivity index (χ0) is 43.3. The highest BCUT2D eigenvalue weighted by molar-refractivity contribution is 5.87. The molecule has 0 saturated carbocycles. The topological polar surface area (TPSA) is 132 Å². The molecule has 9 nitrogen and oxygen atoms in total. The molecule has 1 aliphatic rings. The van der Waals surface area contributed by atoms with E-state index in [0.29, 0.717) is 12.0 Å². The van der Waals surface area contributed by atoms with Gasteiger partial charge in [0.05, 0.1) is 12.7 Å². The molecule has 0 bridgehead atoms. The molecule has 1 aliphatic heterocycles. The third-order valence-electron chi connectivity index (χ3n) is 9.47. The molecule has 1 rings (SSSR count). The number of ether oxygens (including phenoxy) is 4. The van der Waals surface area contributed by atoms with Crippen molar-refractivity contribution in [1.82, 2.24) is 0 Å². The molecule has 58 heavy (non-hydrogen) atoms. The van der Waals surface area contributed by atoms with E-state index in [1.807, 2.05) is 127 Å². The van der Waals surface area contributed by atoms with E-state index in [2.05, 4.69) is 11.7 Å². The van der Waals surface area contributed by atoms with E-state index in [4.69, 9.17) is 14.2 Å². The second kappa shape index (κ2) is 30.2. The Hall–Kier alpha value is -3.86. The van der Waals surface area contributed by atoms with Gasteiger partial charge in [-0.1, -0.05) is 172 Å². The molecule has 0 aromatic heterocycles. The van der Waals surface area contributed by atoms with E-state index in [9.17, 15) is 24.9 Å². The van der Waals surface area contributed by atoms with Crippen LogP contribution in [0.3, 0.4) is 0 Å². The third-order valence-corrected chi connectivity index (χ3v) is 9.47. The molecule has 324 valence electrons. The van der Waals surface area contributed by atoms with Gasteiger partial charge in [0.25, 0.3) is 0 Å². The van der Waals surface area contributed by atoms with Crippen LogP contribution in [0.25, 0.3) is 0 Å². The maximum atomic E-state index is 12.4. The highest BCUT2D eigenvalue weighted by Crippen LogP contribution is 2.28. The van der Waals surface area contributed by atoms with Crippen molar-refractivity contribution in [2.24, 2.45) is 0 Å². The average Bonchev–Trinajstić information content (AvgIpc) is 3.18. The average molecular weight is 807 g/mol. The van der Waals surface area contributed by atoms with Crippen LogP contribution in [0.4, 0.5) is 0 Å². The van der Waals surface area contributed by atoms with Crippen LogP contribution in [0.15, 0.2) is 119 Å². The van der Waals surface area contributed by atoms with Crippen LogP contribution < -0.4 is 0 Å². The Morgan fingerprint density at radius 1 is 0.638 bits per heavy atom. The highest BCUT2D eigenvalue weighted by Gasteiger charge is 2.46. The minimum atomic E-state index is -1.51. The van der Waals surface area contributed by atoms with Gasteiger partial charge in [-0.2, -0.15) is 0 Å². The lowest BCUT2D eigenvalue weighted by Crippen LogP contribution is -2.60. The monoisotopic (exact) mass is 807 g/mol. The fraction of sp³-hybridized carbons (Fsp3) is 0.551. The first-order valence-electron chi connectivity index (χ1n) is 20.9. The van der Waals surface area contributed by atoms with Crippen LogP contribution >= 0.6 is 0 Å². The van der Waals surface area contributed by atoms with Gasteiger partial charge in [-0.25, -0.2) is 4.79 Å². The standard InChI is InChI=1S/C49H74O9/c1-10-11-12-13-14-15-16-17-18-34-43(50)56-36-42-44(51)45(52)46(53)48(57-42)58-49(7,8)35-24-32-40(5)30-22-29-39(4)28-21-27-37(2)25-19-20-26-38(3)31-23-33-41(6)47(54)55-9/h19-33,42,44-46,48,51-53H,10-18,34-36H2,1-9H3/b20-19+,27-21+,29-22+,31-23+,32-24+,37-25+,38-26+,39-28+,40-30+,41-33+/t42?,44-,45?,46+,48-/m1/s1. The number of hydrogen-bond acceptors (Lipinski definition) is 9. The molecular formula is C49H74O9. The Bertz CT molecular complexity index is 1530. The number of allylic oxidation sites excluding steroid dienone is 18. The molecule has 1 fully saturated rings. The molecule has 2 unspecified atom stereocenters. The molecule has 9 heteroatoms. The lowest BCUT2D eigenvalue weighted by atomic mass is 9.98. The maximum absolute atomic E-state index is 12.4. The second-order valence-corrected chi connectivity index (χ2v) is 15.7. The molecule has 0 amide bonds. The number of esters is 2. The van der Waals surface area contributed by atoms with Crippen molar-refractivity contribution in [3.05, 3.63) is 119 Å². The summed E-state index contributed by atoms with van der Waals surface area (Å²) in [6.45, 7) is 15.5. The van der Waals surface area contributed by atoms with E-state index in [1.165, 1.54) is 45.6 Å². The summed E-state index contributed by atoms with van der Waals surface area (Å²) < 4.78 is 22.0. The molecule has 0 aromatic carbocycles. The van der Waals surface area contributed by atoms with Crippen molar-refractivity contribution in [1.29, 1.82) is 0 Å². The van der Waals surface area contributed by atoms with Gasteiger partial charge in [0.1, 0.15) is 31.0 Å². The number of carbonyl (C=O) groups is 2. The van der Waals surface area contributed by atoms with Crippen molar-refractivity contribution < 1.29 is 43.9 Å². The number of methoxy groups -OCH3 is 1. The zero-order valence-corrected chi connectivity index (χ0v) is 36.8. The van der Waals surface area contributed by atoms with Crippen LogP contribution in [0.1, 0.15) is 126 Å². The van der Waals surface area contributed by atoms with Crippen molar-refractivity contribution in [3.8, 4) is 0 Å². The van der Waals surface area contributed by atoms with Crippen LogP contribution in [0, 0.1) is 0 Å². The SMILES string of the molecule is CCCCCCCCCCCC(=O)OCC1O[C@H](OC(C)(C)C/C=C/C(C)=C/C=C/C(C)=C/C=C/C(C)=C/C=C/C=C(C)/C=C/C=C(\C)C(=O)OC)[C@@H](O)C(O)[C@@H]1O. The van der Waals surface area contributed by atoms with E-state index in [0.717, 1.165) is 41.6 Å². The van der Waals surface area contributed by atoms with Gasteiger partial charge >= 0.3 is 11.9 Å². The first-order valence-corrected chi connectivity index (χ1v) is 20.9. The lowest BCUT2D eigenvalue weighted by molar-refractivity contribution is -0.323. The Morgan fingerprint density at radius 2 is 1.12 bits per heavy atom. The Kier molecular flexibility index (Phi) is 27.2. The summed E-state index contributed by atoms with van der Waals surface area (Å²) in [5, 5.41) is 31.7. The quantitative estimate of drug-likeness (QED) is 0.0338. The summed E-state index contributed by atoms with van der Waals surface area (Å²) in [6.07, 6.45) is 34.0. The summed E-state index contributed by atoms with van der Waals surface area (Å²) in [5.41, 5.74) is 4.05. The summed E-state index contributed by atoms with van der Waals surface area (Å²) in [5.74, 6) is -0.713. The number of aliphatic hydroxyl groups excluding tert-OH is 3. The van der Waals surface area contributed by atoms with Crippen LogP contribution in [0.2, 0.25) is 0 Å². The molecule has 0 aromatic rings. The van der Waals surface area contributed by atoms with E-state index >= 15 is 0 Å². The normalized spacial score (nSPS) is 22.1. The predicted octanol–water partition coefficient (Wildman–Crippen LogP) is 10.1. The van der Waals surface area contributed by atoms with Crippen LogP contribution in [0.5, 0.6) is 0 Å². The predicted molar refractivity (Wildman–Crippen MR) is 236 cm³/mol. The maximum Gasteiger partial charge on any atom is 0.333 e. The van der Waals surface area contributed by atoms with Gasteiger partial charge in [-0.15, -0.1) is 0 Å². The molecule has 3 N–H and O–H groups in total. The minimum absolute atomic E-state index is 0.239. The van der Waals surface area contributed by atoms with Crippen LogP contribution in [-0.2, 0) is 28.5 Å². The summed E-state index contributed by atoms with van der Waals surface area (Å²) >= 11 is 0. The molecular weight excluding hydrogens is 733 g/mol. The molecule has 5 atom stereocenters. The Morgan fingerprint density at radius 3 is 1.66 bits per heavy atom. The van der Waals surface area contributed by atoms with Crippen LogP contribution in [-0.4, -0.2) is 77.3 Å².